The summed E-state index contributed by atoms with van der Waals surface area (Å²) in [6, 6.07) is 5.03. The molecule has 0 aliphatic rings. The summed E-state index contributed by atoms with van der Waals surface area (Å²) in [7, 11) is 0. The zero-order chi connectivity index (χ0) is 13.1. The average molecular weight is 265 g/mol. The highest BCUT2D eigenvalue weighted by atomic mass is 32.1. The molecule has 0 fully saturated rings. The summed E-state index contributed by atoms with van der Waals surface area (Å²) in [6.07, 6.45) is 0. The SMILES string of the molecule is N#Cc1ccsc1Nc1cc(F)c(F)cc1N=O. The van der Waals surface area contributed by atoms with Crippen molar-refractivity contribution >= 4 is 27.7 Å². The van der Waals surface area contributed by atoms with E-state index in [1.165, 1.54) is 11.3 Å². The zero-order valence-corrected chi connectivity index (χ0v) is 9.59. The van der Waals surface area contributed by atoms with Gasteiger partial charge in [-0.3, -0.25) is 0 Å². The van der Waals surface area contributed by atoms with Crippen molar-refractivity contribution in [3.63, 3.8) is 0 Å². The van der Waals surface area contributed by atoms with Crippen molar-refractivity contribution in [2.24, 2.45) is 5.18 Å². The van der Waals surface area contributed by atoms with Crippen LogP contribution in [0.4, 0.5) is 25.2 Å². The molecule has 2 rings (SSSR count). The highest BCUT2D eigenvalue weighted by Gasteiger charge is 2.12. The van der Waals surface area contributed by atoms with Crippen LogP contribution in [0.15, 0.2) is 28.8 Å². The summed E-state index contributed by atoms with van der Waals surface area (Å²) in [5.41, 5.74) is 0.107. The molecule has 18 heavy (non-hydrogen) atoms. The first-order valence-electron chi connectivity index (χ1n) is 4.72. The first kappa shape index (κ1) is 12.1. The minimum absolute atomic E-state index is 0.0165. The van der Waals surface area contributed by atoms with Gasteiger partial charge in [-0.05, 0) is 16.6 Å². The van der Waals surface area contributed by atoms with Crippen LogP contribution in [0.2, 0.25) is 0 Å². The molecule has 0 spiro atoms. The van der Waals surface area contributed by atoms with Gasteiger partial charge in [-0.1, -0.05) is 0 Å². The molecule has 1 aromatic carbocycles. The van der Waals surface area contributed by atoms with Gasteiger partial charge in [-0.25, -0.2) is 8.78 Å². The Morgan fingerprint density at radius 2 is 2.06 bits per heavy atom. The summed E-state index contributed by atoms with van der Waals surface area (Å²) >= 11 is 1.20. The second-order valence-electron chi connectivity index (χ2n) is 3.27. The lowest BCUT2D eigenvalue weighted by Gasteiger charge is -2.06. The quantitative estimate of drug-likeness (QED) is 0.852. The number of hydrogen-bond acceptors (Lipinski definition) is 5. The van der Waals surface area contributed by atoms with Crippen LogP contribution in [0, 0.1) is 27.9 Å². The Morgan fingerprint density at radius 1 is 1.33 bits per heavy atom. The third-order valence-corrected chi connectivity index (χ3v) is 3.00. The molecule has 0 saturated heterocycles. The highest BCUT2D eigenvalue weighted by molar-refractivity contribution is 7.14. The molecule has 0 unspecified atom stereocenters. The normalized spacial score (nSPS) is 9.83. The van der Waals surface area contributed by atoms with Crippen LogP contribution in [0.1, 0.15) is 5.56 Å². The molecule has 1 aromatic heterocycles. The van der Waals surface area contributed by atoms with E-state index in [4.69, 9.17) is 5.26 Å². The van der Waals surface area contributed by atoms with Crippen molar-refractivity contribution in [1.29, 1.82) is 5.26 Å². The lowest BCUT2D eigenvalue weighted by atomic mass is 10.2. The molecule has 90 valence electrons. The van der Waals surface area contributed by atoms with E-state index in [-0.39, 0.29) is 11.4 Å². The monoisotopic (exact) mass is 265 g/mol. The van der Waals surface area contributed by atoms with Crippen molar-refractivity contribution in [3.05, 3.63) is 45.7 Å². The van der Waals surface area contributed by atoms with Gasteiger partial charge in [0.2, 0.25) is 0 Å². The van der Waals surface area contributed by atoms with E-state index in [0.717, 1.165) is 6.07 Å². The molecule has 4 nitrogen and oxygen atoms in total. The predicted molar refractivity (Wildman–Crippen MR) is 64.1 cm³/mol. The van der Waals surface area contributed by atoms with Gasteiger partial charge < -0.3 is 5.32 Å². The van der Waals surface area contributed by atoms with E-state index < -0.39 is 11.6 Å². The smallest absolute Gasteiger partial charge is 0.161 e. The van der Waals surface area contributed by atoms with Gasteiger partial charge in [0.15, 0.2) is 11.6 Å². The lowest BCUT2D eigenvalue weighted by Crippen LogP contribution is -1.93. The van der Waals surface area contributed by atoms with Crippen molar-refractivity contribution in [3.8, 4) is 6.07 Å². The van der Waals surface area contributed by atoms with E-state index >= 15 is 0 Å². The van der Waals surface area contributed by atoms with E-state index in [1.807, 2.05) is 6.07 Å². The number of hydrogen-bond donors (Lipinski definition) is 1. The van der Waals surface area contributed by atoms with Crippen molar-refractivity contribution in [2.45, 2.75) is 0 Å². The predicted octanol–water partition coefficient (Wildman–Crippen LogP) is 4.04. The molecule has 0 radical (unpaired) electrons. The third-order valence-electron chi connectivity index (χ3n) is 2.17. The molecule has 7 heteroatoms. The summed E-state index contributed by atoms with van der Waals surface area (Å²) < 4.78 is 26.0. The largest absolute Gasteiger partial charge is 0.344 e. The van der Waals surface area contributed by atoms with E-state index in [0.29, 0.717) is 16.6 Å². The Labute approximate surface area is 104 Å². The van der Waals surface area contributed by atoms with Crippen molar-refractivity contribution in [2.75, 3.05) is 5.32 Å². The Balaban J connectivity index is 2.43. The maximum absolute atomic E-state index is 13.1. The maximum Gasteiger partial charge on any atom is 0.161 e. The van der Waals surface area contributed by atoms with Crippen molar-refractivity contribution in [1.82, 2.24) is 0 Å². The van der Waals surface area contributed by atoms with E-state index in [9.17, 15) is 13.7 Å². The first-order chi connectivity index (χ1) is 8.65. The van der Waals surface area contributed by atoms with E-state index in [2.05, 4.69) is 10.5 Å². The van der Waals surface area contributed by atoms with Gasteiger partial charge in [-0.2, -0.15) is 5.26 Å². The van der Waals surface area contributed by atoms with Gasteiger partial charge in [-0.15, -0.1) is 16.2 Å². The topological polar surface area (TPSA) is 65.2 Å². The maximum atomic E-state index is 13.1. The number of nitrogens with zero attached hydrogens (tertiary/aromatic N) is 2. The van der Waals surface area contributed by atoms with Crippen LogP contribution in [-0.2, 0) is 0 Å². The molecular formula is C11H5F2N3OS. The minimum atomic E-state index is -1.15. The van der Waals surface area contributed by atoms with Crippen LogP contribution >= 0.6 is 11.3 Å². The molecule has 0 aliphatic carbocycles. The standard InChI is InChI=1S/C11H5F2N3OS/c12-7-3-9(10(16-17)4-8(7)13)15-11-6(5-14)1-2-18-11/h1-4,15H. The van der Waals surface area contributed by atoms with Crippen LogP contribution in [0.25, 0.3) is 0 Å². The number of anilines is 2. The molecule has 1 N–H and O–H groups in total. The number of rotatable bonds is 3. The van der Waals surface area contributed by atoms with Crippen molar-refractivity contribution < 1.29 is 8.78 Å². The number of benzene rings is 1. The lowest BCUT2D eigenvalue weighted by molar-refractivity contribution is 0.509. The highest BCUT2D eigenvalue weighted by Crippen LogP contribution is 2.33. The minimum Gasteiger partial charge on any atom is -0.344 e. The molecule has 0 aliphatic heterocycles. The summed E-state index contributed by atoms with van der Waals surface area (Å²) in [5, 5.41) is 16.2. The fourth-order valence-electron chi connectivity index (χ4n) is 1.33. The van der Waals surface area contributed by atoms with E-state index in [1.54, 1.807) is 11.4 Å². The molecule has 0 saturated carbocycles. The summed E-state index contributed by atoms with van der Waals surface area (Å²) in [5.74, 6) is -2.25. The van der Waals surface area contributed by atoms with Crippen LogP contribution in [-0.4, -0.2) is 0 Å². The number of halogens is 2. The third kappa shape index (κ3) is 2.19. The second-order valence-corrected chi connectivity index (χ2v) is 4.19. The Morgan fingerprint density at radius 3 is 2.72 bits per heavy atom. The molecule has 2 aromatic rings. The number of nitroso groups, excluding NO2 is 1. The van der Waals surface area contributed by atoms with Crippen LogP contribution in [0.3, 0.4) is 0 Å². The molecule has 1 heterocycles. The summed E-state index contributed by atoms with van der Waals surface area (Å²) in [6.45, 7) is 0. The molecule has 0 atom stereocenters. The molecule has 0 bridgehead atoms. The fourth-order valence-corrected chi connectivity index (χ4v) is 2.08. The van der Waals surface area contributed by atoms with Gasteiger partial charge in [0.25, 0.3) is 0 Å². The van der Waals surface area contributed by atoms with Gasteiger partial charge >= 0.3 is 0 Å². The second kappa shape index (κ2) is 4.89. The Bertz CT molecular complexity index is 648. The Kier molecular flexibility index (Phi) is 3.30. The number of nitriles is 1. The first-order valence-corrected chi connectivity index (χ1v) is 5.60. The zero-order valence-electron chi connectivity index (χ0n) is 8.78. The fraction of sp³-hybridized carbons (Fsp3) is 0. The number of nitrogens with one attached hydrogen (secondary N) is 1. The van der Waals surface area contributed by atoms with Gasteiger partial charge in [0, 0.05) is 12.1 Å². The van der Waals surface area contributed by atoms with Gasteiger partial charge in [0.1, 0.15) is 16.8 Å². The Hall–Kier alpha value is -2.33. The average Bonchev–Trinajstić information content (AvgIpc) is 2.80. The summed E-state index contributed by atoms with van der Waals surface area (Å²) in [4.78, 5) is 10.5. The van der Waals surface area contributed by atoms with Gasteiger partial charge in [0.05, 0.1) is 11.3 Å². The molecule has 0 amide bonds. The van der Waals surface area contributed by atoms with Crippen LogP contribution in [0.5, 0.6) is 0 Å². The number of thiophene rings is 1. The van der Waals surface area contributed by atoms with Crippen LogP contribution < -0.4 is 5.32 Å². The molecular weight excluding hydrogens is 260 g/mol.